The Bertz CT molecular complexity index is 103. The van der Waals surface area contributed by atoms with Crippen LogP contribution in [0.3, 0.4) is 0 Å². The maximum Gasteiger partial charge on any atom is 0.00212 e. The first kappa shape index (κ1) is 8.02. The fourth-order valence-corrected chi connectivity index (χ4v) is 1.64. The van der Waals surface area contributed by atoms with Crippen molar-refractivity contribution in [2.45, 2.75) is 13.3 Å². The molecule has 2 nitrogen and oxygen atoms in total. The monoisotopic (exact) mass is 142 g/mol. The highest BCUT2D eigenvalue weighted by molar-refractivity contribution is 4.76. The van der Waals surface area contributed by atoms with Gasteiger partial charge in [-0.15, -0.1) is 0 Å². The van der Waals surface area contributed by atoms with Gasteiger partial charge in [0.05, 0.1) is 0 Å². The van der Waals surface area contributed by atoms with E-state index in [4.69, 9.17) is 5.73 Å². The zero-order valence-electron chi connectivity index (χ0n) is 7.01. The van der Waals surface area contributed by atoms with Crippen molar-refractivity contribution >= 4 is 0 Å². The number of likely N-dealkylation sites (tertiary alicyclic amines) is 1. The van der Waals surface area contributed by atoms with Crippen molar-refractivity contribution < 1.29 is 0 Å². The van der Waals surface area contributed by atoms with Crippen LogP contribution < -0.4 is 5.73 Å². The number of hydrogen-bond donors (Lipinski definition) is 1. The molecule has 1 heterocycles. The number of nitrogens with zero attached hydrogens (tertiary/aromatic N) is 1. The highest BCUT2D eigenvalue weighted by Gasteiger charge is 2.22. The molecule has 2 N–H and O–H groups in total. The first-order valence-corrected chi connectivity index (χ1v) is 4.12. The second-order valence-corrected chi connectivity index (χ2v) is 3.52. The fraction of sp³-hybridized carbons (Fsp3) is 1.00. The third-order valence-corrected chi connectivity index (χ3v) is 2.62. The lowest BCUT2D eigenvalue weighted by molar-refractivity contribution is 0.159. The van der Waals surface area contributed by atoms with Gasteiger partial charge < -0.3 is 10.6 Å². The SMILES string of the molecule is CC1CCN(C)CC1CN. The molecule has 1 saturated heterocycles. The van der Waals surface area contributed by atoms with Crippen LogP contribution in [0.25, 0.3) is 0 Å². The predicted octanol–water partition coefficient (Wildman–Crippen LogP) is 0.533. The lowest BCUT2D eigenvalue weighted by atomic mass is 9.87. The average Bonchev–Trinajstić information content (AvgIpc) is 1.94. The van der Waals surface area contributed by atoms with Crippen LogP contribution in [0.15, 0.2) is 0 Å². The molecule has 0 radical (unpaired) electrons. The van der Waals surface area contributed by atoms with E-state index in [9.17, 15) is 0 Å². The van der Waals surface area contributed by atoms with Crippen LogP contribution in [0.1, 0.15) is 13.3 Å². The summed E-state index contributed by atoms with van der Waals surface area (Å²) < 4.78 is 0. The molecule has 0 amide bonds. The van der Waals surface area contributed by atoms with Crippen molar-refractivity contribution in [3.8, 4) is 0 Å². The minimum absolute atomic E-state index is 0.735. The first-order chi connectivity index (χ1) is 4.74. The second-order valence-electron chi connectivity index (χ2n) is 3.52. The van der Waals surface area contributed by atoms with Gasteiger partial charge >= 0.3 is 0 Å². The summed E-state index contributed by atoms with van der Waals surface area (Å²) in [6.07, 6.45) is 1.32. The van der Waals surface area contributed by atoms with Crippen molar-refractivity contribution in [1.82, 2.24) is 4.90 Å². The Kier molecular flexibility index (Phi) is 2.69. The average molecular weight is 142 g/mol. The van der Waals surface area contributed by atoms with Crippen LogP contribution in [0, 0.1) is 11.8 Å². The summed E-state index contributed by atoms with van der Waals surface area (Å²) in [6, 6.07) is 0. The number of hydrogen-bond acceptors (Lipinski definition) is 2. The van der Waals surface area contributed by atoms with Gasteiger partial charge in [-0.2, -0.15) is 0 Å². The van der Waals surface area contributed by atoms with Crippen LogP contribution in [0.2, 0.25) is 0 Å². The maximum absolute atomic E-state index is 5.63. The zero-order chi connectivity index (χ0) is 7.56. The van der Waals surface area contributed by atoms with Gasteiger partial charge in [-0.05, 0) is 38.4 Å². The zero-order valence-corrected chi connectivity index (χ0v) is 7.01. The molecule has 2 heteroatoms. The summed E-state index contributed by atoms with van der Waals surface area (Å²) in [4.78, 5) is 2.37. The number of nitrogens with two attached hydrogens (primary N) is 1. The summed E-state index contributed by atoms with van der Waals surface area (Å²) >= 11 is 0. The lowest BCUT2D eigenvalue weighted by Gasteiger charge is -2.34. The van der Waals surface area contributed by atoms with Gasteiger partial charge in [0.25, 0.3) is 0 Å². The Morgan fingerprint density at radius 1 is 1.60 bits per heavy atom. The summed E-state index contributed by atoms with van der Waals surface area (Å²) in [6.45, 7) is 5.60. The van der Waals surface area contributed by atoms with E-state index >= 15 is 0 Å². The molecule has 1 fully saturated rings. The summed E-state index contributed by atoms with van der Waals surface area (Å²) in [5.74, 6) is 1.57. The Hall–Kier alpha value is -0.0800. The van der Waals surface area contributed by atoms with Crippen molar-refractivity contribution in [3.63, 3.8) is 0 Å². The highest BCUT2D eigenvalue weighted by Crippen LogP contribution is 2.20. The van der Waals surface area contributed by atoms with E-state index in [2.05, 4.69) is 18.9 Å². The normalized spacial score (nSPS) is 36.3. The molecule has 0 spiro atoms. The van der Waals surface area contributed by atoms with Crippen molar-refractivity contribution in [1.29, 1.82) is 0 Å². The van der Waals surface area contributed by atoms with Crippen LogP contribution in [0.5, 0.6) is 0 Å². The Labute approximate surface area is 63.4 Å². The Balaban J connectivity index is 2.38. The predicted molar refractivity (Wildman–Crippen MR) is 43.8 cm³/mol. The smallest absolute Gasteiger partial charge is 0.00212 e. The Morgan fingerprint density at radius 3 is 2.80 bits per heavy atom. The number of rotatable bonds is 1. The van der Waals surface area contributed by atoms with Crippen LogP contribution in [-0.2, 0) is 0 Å². The van der Waals surface area contributed by atoms with Gasteiger partial charge in [-0.1, -0.05) is 6.92 Å². The molecule has 60 valence electrons. The van der Waals surface area contributed by atoms with Gasteiger partial charge in [-0.25, -0.2) is 0 Å². The van der Waals surface area contributed by atoms with Crippen molar-refractivity contribution in [2.24, 2.45) is 17.6 Å². The lowest BCUT2D eigenvalue weighted by Crippen LogP contribution is -2.40. The molecule has 2 unspecified atom stereocenters. The molecule has 0 aliphatic carbocycles. The molecule has 10 heavy (non-hydrogen) atoms. The molecule has 1 rings (SSSR count). The molecule has 0 aromatic carbocycles. The van der Waals surface area contributed by atoms with Crippen LogP contribution in [-0.4, -0.2) is 31.6 Å². The number of piperidine rings is 1. The molecule has 2 atom stereocenters. The third-order valence-electron chi connectivity index (χ3n) is 2.62. The van der Waals surface area contributed by atoms with E-state index < -0.39 is 0 Å². The maximum atomic E-state index is 5.63. The van der Waals surface area contributed by atoms with E-state index in [1.165, 1.54) is 19.5 Å². The van der Waals surface area contributed by atoms with E-state index in [1.54, 1.807) is 0 Å². The van der Waals surface area contributed by atoms with Crippen molar-refractivity contribution in [2.75, 3.05) is 26.7 Å². The van der Waals surface area contributed by atoms with Crippen LogP contribution >= 0.6 is 0 Å². The van der Waals surface area contributed by atoms with Crippen LogP contribution in [0.4, 0.5) is 0 Å². The van der Waals surface area contributed by atoms with Crippen molar-refractivity contribution in [3.05, 3.63) is 0 Å². The fourth-order valence-electron chi connectivity index (χ4n) is 1.64. The van der Waals surface area contributed by atoms with Gasteiger partial charge in [0.1, 0.15) is 0 Å². The molecule has 0 saturated carbocycles. The molecular weight excluding hydrogens is 124 g/mol. The van der Waals surface area contributed by atoms with E-state index in [1.807, 2.05) is 0 Å². The van der Waals surface area contributed by atoms with Gasteiger partial charge in [0, 0.05) is 6.54 Å². The summed E-state index contributed by atoms with van der Waals surface area (Å²) in [5, 5.41) is 0. The van der Waals surface area contributed by atoms with E-state index in [0.29, 0.717) is 0 Å². The minimum atomic E-state index is 0.735. The summed E-state index contributed by atoms with van der Waals surface area (Å²) in [5.41, 5.74) is 5.63. The molecular formula is C8H18N2. The van der Waals surface area contributed by atoms with Gasteiger partial charge in [0.15, 0.2) is 0 Å². The molecule has 0 bridgehead atoms. The largest absolute Gasteiger partial charge is 0.330 e. The third kappa shape index (κ3) is 1.70. The molecule has 0 aromatic heterocycles. The molecule has 0 aromatic rings. The summed E-state index contributed by atoms with van der Waals surface area (Å²) in [7, 11) is 2.18. The highest BCUT2D eigenvalue weighted by atomic mass is 15.1. The molecule has 1 aliphatic heterocycles. The van der Waals surface area contributed by atoms with Gasteiger partial charge in [-0.3, -0.25) is 0 Å². The Morgan fingerprint density at radius 2 is 2.30 bits per heavy atom. The van der Waals surface area contributed by atoms with E-state index in [0.717, 1.165) is 18.4 Å². The first-order valence-electron chi connectivity index (χ1n) is 4.12. The quantitative estimate of drug-likeness (QED) is 0.579. The van der Waals surface area contributed by atoms with Gasteiger partial charge in [0.2, 0.25) is 0 Å². The minimum Gasteiger partial charge on any atom is -0.330 e. The topological polar surface area (TPSA) is 29.3 Å². The second kappa shape index (κ2) is 3.35. The standard InChI is InChI=1S/C8H18N2/c1-7-3-4-10(2)6-8(7)5-9/h7-8H,3-6,9H2,1-2H3. The molecule has 1 aliphatic rings. The van der Waals surface area contributed by atoms with E-state index in [-0.39, 0.29) is 0 Å².